The van der Waals surface area contributed by atoms with Crippen LogP contribution in [0.15, 0.2) is 48.8 Å². The van der Waals surface area contributed by atoms with E-state index in [1.54, 1.807) is 12.4 Å². The minimum absolute atomic E-state index is 0.112. The highest BCUT2D eigenvalue weighted by Crippen LogP contribution is 2.37. The van der Waals surface area contributed by atoms with Crippen molar-refractivity contribution in [2.75, 3.05) is 5.32 Å². The fourth-order valence-electron chi connectivity index (χ4n) is 2.63. The number of hydrogen-bond acceptors (Lipinski definition) is 3. The van der Waals surface area contributed by atoms with Crippen molar-refractivity contribution in [3.05, 3.63) is 59.9 Å². The van der Waals surface area contributed by atoms with E-state index in [4.69, 9.17) is 0 Å². The molecular weight excluding hydrogens is 316 g/mol. The van der Waals surface area contributed by atoms with Gasteiger partial charge in [-0.3, -0.25) is 9.78 Å². The number of hydrogen-bond donors (Lipinski definition) is 3. The Morgan fingerprint density at radius 2 is 1.80 bits per heavy atom. The first-order chi connectivity index (χ1) is 12.1. The van der Waals surface area contributed by atoms with Gasteiger partial charge in [0.1, 0.15) is 0 Å². The van der Waals surface area contributed by atoms with Crippen molar-refractivity contribution in [3.8, 4) is 0 Å². The third kappa shape index (κ3) is 5.04. The molecule has 0 spiro atoms. The highest BCUT2D eigenvalue weighted by Gasteiger charge is 2.38. The average molecular weight is 338 g/mol. The molecule has 1 aromatic carbocycles. The summed E-state index contributed by atoms with van der Waals surface area (Å²) in [6.45, 7) is 2.99. The quantitative estimate of drug-likeness (QED) is 0.757. The van der Waals surface area contributed by atoms with E-state index in [1.165, 1.54) is 0 Å². The van der Waals surface area contributed by atoms with E-state index in [0.29, 0.717) is 24.7 Å². The Labute approximate surface area is 147 Å². The summed E-state index contributed by atoms with van der Waals surface area (Å²) in [5, 5.41) is 8.55. The Hall–Kier alpha value is -2.89. The van der Waals surface area contributed by atoms with Gasteiger partial charge in [0.2, 0.25) is 5.91 Å². The van der Waals surface area contributed by atoms with Gasteiger partial charge in [-0.2, -0.15) is 0 Å². The Bertz CT molecular complexity index is 748. The van der Waals surface area contributed by atoms with Crippen LogP contribution >= 0.6 is 0 Å². The van der Waals surface area contributed by atoms with Crippen LogP contribution in [0.4, 0.5) is 10.5 Å². The number of carbonyl (C=O) groups is 2. The summed E-state index contributed by atoms with van der Waals surface area (Å²) in [5.74, 6) is 0.776. The molecule has 2 atom stereocenters. The van der Waals surface area contributed by atoms with Gasteiger partial charge in [0.25, 0.3) is 0 Å². The molecule has 1 saturated carbocycles. The monoisotopic (exact) mass is 338 g/mol. The van der Waals surface area contributed by atoms with Gasteiger partial charge < -0.3 is 16.0 Å². The molecular formula is C19H22N4O2. The Morgan fingerprint density at radius 3 is 2.52 bits per heavy atom. The number of aromatic nitrogens is 1. The van der Waals surface area contributed by atoms with Gasteiger partial charge in [0.15, 0.2) is 0 Å². The summed E-state index contributed by atoms with van der Waals surface area (Å²) >= 11 is 0. The summed E-state index contributed by atoms with van der Waals surface area (Å²) in [6.07, 6.45) is 4.36. The van der Waals surface area contributed by atoms with Crippen LogP contribution in [0.3, 0.4) is 0 Å². The minimum Gasteiger partial charge on any atom is -0.352 e. The summed E-state index contributed by atoms with van der Waals surface area (Å²) in [4.78, 5) is 27.8. The van der Waals surface area contributed by atoms with E-state index >= 15 is 0 Å². The van der Waals surface area contributed by atoms with Crippen LogP contribution in [0.2, 0.25) is 0 Å². The zero-order valence-electron chi connectivity index (χ0n) is 14.2. The molecule has 0 radical (unpaired) electrons. The number of rotatable bonds is 6. The van der Waals surface area contributed by atoms with E-state index < -0.39 is 0 Å². The number of benzene rings is 1. The standard InChI is InChI=1S/C19H22N4O2/c1-13-9-17(13)18(24)21-12-15-3-2-4-16(10-15)23-19(25)22-11-14-5-7-20-8-6-14/h2-8,10,13,17H,9,11-12H2,1H3,(H,21,24)(H2,22,23,25). The zero-order chi connectivity index (χ0) is 17.6. The summed E-state index contributed by atoms with van der Waals surface area (Å²) in [7, 11) is 0. The van der Waals surface area contributed by atoms with Gasteiger partial charge in [0, 0.05) is 37.1 Å². The number of nitrogens with one attached hydrogen (secondary N) is 3. The molecule has 2 aromatic rings. The topological polar surface area (TPSA) is 83.1 Å². The highest BCUT2D eigenvalue weighted by molar-refractivity contribution is 5.89. The summed E-state index contributed by atoms with van der Waals surface area (Å²) in [6, 6.07) is 10.9. The second-order valence-corrected chi connectivity index (χ2v) is 6.40. The normalized spacial score (nSPS) is 18.3. The van der Waals surface area contributed by atoms with Crippen LogP contribution in [-0.2, 0) is 17.9 Å². The SMILES string of the molecule is CC1CC1C(=O)NCc1cccc(NC(=O)NCc2ccncc2)c1. The first-order valence-electron chi connectivity index (χ1n) is 8.42. The van der Waals surface area contributed by atoms with Crippen LogP contribution in [-0.4, -0.2) is 16.9 Å². The average Bonchev–Trinajstić information content (AvgIpc) is 3.36. The van der Waals surface area contributed by atoms with Crippen molar-refractivity contribution in [2.24, 2.45) is 11.8 Å². The molecule has 0 aliphatic heterocycles. The van der Waals surface area contributed by atoms with Gasteiger partial charge in [-0.1, -0.05) is 19.1 Å². The molecule has 3 N–H and O–H groups in total. The lowest BCUT2D eigenvalue weighted by Crippen LogP contribution is -2.28. The van der Waals surface area contributed by atoms with Gasteiger partial charge in [-0.05, 0) is 47.7 Å². The second kappa shape index (κ2) is 7.79. The maximum atomic E-state index is 12.0. The van der Waals surface area contributed by atoms with Crippen LogP contribution in [0.1, 0.15) is 24.5 Å². The van der Waals surface area contributed by atoms with Gasteiger partial charge in [0.05, 0.1) is 0 Å². The van der Waals surface area contributed by atoms with Gasteiger partial charge in [-0.15, -0.1) is 0 Å². The van der Waals surface area contributed by atoms with Crippen molar-refractivity contribution in [2.45, 2.75) is 26.4 Å². The maximum absolute atomic E-state index is 12.0. The molecule has 6 heteroatoms. The van der Waals surface area contributed by atoms with Crippen molar-refractivity contribution < 1.29 is 9.59 Å². The predicted molar refractivity (Wildman–Crippen MR) is 95.7 cm³/mol. The molecule has 1 heterocycles. The molecule has 1 fully saturated rings. The molecule has 3 rings (SSSR count). The molecule has 1 aromatic heterocycles. The lowest BCUT2D eigenvalue weighted by atomic mass is 10.2. The van der Waals surface area contributed by atoms with E-state index in [1.807, 2.05) is 36.4 Å². The Balaban J connectivity index is 1.47. The Kier molecular flexibility index (Phi) is 5.28. The van der Waals surface area contributed by atoms with Crippen molar-refractivity contribution in [1.82, 2.24) is 15.6 Å². The minimum atomic E-state index is -0.273. The highest BCUT2D eigenvalue weighted by atomic mass is 16.2. The maximum Gasteiger partial charge on any atom is 0.319 e. The van der Waals surface area contributed by atoms with Crippen LogP contribution in [0.5, 0.6) is 0 Å². The summed E-state index contributed by atoms with van der Waals surface area (Å²) in [5.41, 5.74) is 2.63. The second-order valence-electron chi connectivity index (χ2n) is 6.40. The van der Waals surface area contributed by atoms with E-state index in [-0.39, 0.29) is 17.9 Å². The number of pyridine rings is 1. The number of anilines is 1. The number of urea groups is 1. The van der Waals surface area contributed by atoms with Crippen molar-refractivity contribution in [3.63, 3.8) is 0 Å². The molecule has 2 unspecified atom stereocenters. The molecule has 6 nitrogen and oxygen atoms in total. The summed E-state index contributed by atoms with van der Waals surface area (Å²) < 4.78 is 0. The van der Waals surface area contributed by atoms with E-state index in [9.17, 15) is 9.59 Å². The molecule has 1 aliphatic rings. The van der Waals surface area contributed by atoms with Crippen LogP contribution < -0.4 is 16.0 Å². The predicted octanol–water partition coefficient (Wildman–Crippen LogP) is 2.68. The third-order valence-electron chi connectivity index (χ3n) is 4.30. The zero-order valence-corrected chi connectivity index (χ0v) is 14.2. The molecule has 3 amide bonds. The lowest BCUT2D eigenvalue weighted by molar-refractivity contribution is -0.122. The first-order valence-corrected chi connectivity index (χ1v) is 8.42. The van der Waals surface area contributed by atoms with E-state index in [2.05, 4.69) is 27.9 Å². The number of amides is 3. The largest absolute Gasteiger partial charge is 0.352 e. The van der Waals surface area contributed by atoms with Crippen LogP contribution in [0, 0.1) is 11.8 Å². The first kappa shape index (κ1) is 17.0. The molecule has 0 bridgehead atoms. The third-order valence-corrected chi connectivity index (χ3v) is 4.30. The van der Waals surface area contributed by atoms with Crippen molar-refractivity contribution >= 4 is 17.6 Å². The van der Waals surface area contributed by atoms with Gasteiger partial charge >= 0.3 is 6.03 Å². The Morgan fingerprint density at radius 1 is 1.08 bits per heavy atom. The van der Waals surface area contributed by atoms with E-state index in [0.717, 1.165) is 17.5 Å². The fraction of sp³-hybridized carbons (Fsp3) is 0.316. The molecule has 0 saturated heterocycles. The smallest absolute Gasteiger partial charge is 0.319 e. The van der Waals surface area contributed by atoms with Gasteiger partial charge in [-0.25, -0.2) is 4.79 Å². The van der Waals surface area contributed by atoms with Crippen LogP contribution in [0.25, 0.3) is 0 Å². The van der Waals surface area contributed by atoms with Crippen molar-refractivity contribution in [1.29, 1.82) is 0 Å². The number of nitrogens with zero attached hydrogens (tertiary/aromatic N) is 1. The molecule has 1 aliphatic carbocycles. The molecule has 130 valence electrons. The number of carbonyl (C=O) groups excluding carboxylic acids is 2. The fourth-order valence-corrected chi connectivity index (χ4v) is 2.63. The molecule has 25 heavy (non-hydrogen) atoms. The lowest BCUT2D eigenvalue weighted by Gasteiger charge is -2.10.